The molecule has 0 saturated heterocycles. The second kappa shape index (κ2) is 3.96. The lowest BCUT2D eigenvalue weighted by Gasteiger charge is -2.03. The molecule has 1 aliphatic rings. The quantitative estimate of drug-likeness (QED) is 0.740. The number of benzene rings is 1. The summed E-state index contributed by atoms with van der Waals surface area (Å²) in [7, 11) is 0. The zero-order valence-electron chi connectivity index (χ0n) is 7.99. The molecule has 2 rings (SSSR count). The van der Waals surface area contributed by atoms with Gasteiger partial charge < -0.3 is 0 Å². The van der Waals surface area contributed by atoms with Crippen molar-refractivity contribution in [2.75, 3.05) is 5.75 Å². The van der Waals surface area contributed by atoms with E-state index in [2.05, 4.69) is 24.0 Å². The smallest absolute Gasteiger partial charge is 0.256 e. The Morgan fingerprint density at radius 2 is 2.21 bits per heavy atom. The standard InChI is InChI=1S/C11H11NOS/c1-8-4-2-3-5-9(8)6-11-12-10(13)7-14-11/h2-5H,6-7H2,1H3. The SMILES string of the molecule is Cc1ccccc1CC1=NC(=O)CS1. The van der Waals surface area contributed by atoms with Crippen LogP contribution in [-0.4, -0.2) is 16.7 Å². The monoisotopic (exact) mass is 205 g/mol. The first kappa shape index (κ1) is 9.46. The average molecular weight is 205 g/mol. The molecule has 2 nitrogen and oxygen atoms in total. The van der Waals surface area contributed by atoms with Crippen LogP contribution < -0.4 is 0 Å². The Hall–Kier alpha value is -1.09. The minimum absolute atomic E-state index is 0.00131. The molecule has 0 aliphatic carbocycles. The van der Waals surface area contributed by atoms with Crippen LogP contribution in [0.1, 0.15) is 11.1 Å². The molecule has 14 heavy (non-hydrogen) atoms. The van der Waals surface area contributed by atoms with Gasteiger partial charge in [-0.2, -0.15) is 0 Å². The summed E-state index contributed by atoms with van der Waals surface area (Å²) in [6.07, 6.45) is 0.795. The first-order chi connectivity index (χ1) is 6.75. The second-order valence-corrected chi connectivity index (χ2v) is 4.34. The molecule has 0 N–H and O–H groups in total. The van der Waals surface area contributed by atoms with Crippen LogP contribution in [0.4, 0.5) is 0 Å². The Kier molecular flexibility index (Phi) is 2.68. The zero-order chi connectivity index (χ0) is 9.97. The molecule has 1 aliphatic heterocycles. The van der Waals surface area contributed by atoms with Gasteiger partial charge in [-0.25, -0.2) is 4.99 Å². The lowest BCUT2D eigenvalue weighted by molar-refractivity contribution is -0.115. The molecule has 1 aromatic carbocycles. The maximum Gasteiger partial charge on any atom is 0.256 e. The van der Waals surface area contributed by atoms with Crippen LogP contribution in [0.25, 0.3) is 0 Å². The molecule has 0 saturated carbocycles. The predicted molar refractivity (Wildman–Crippen MR) is 59.8 cm³/mol. The van der Waals surface area contributed by atoms with Crippen molar-refractivity contribution in [1.29, 1.82) is 0 Å². The molecule has 0 fully saturated rings. The van der Waals surface area contributed by atoms with Crippen molar-refractivity contribution < 1.29 is 4.79 Å². The van der Waals surface area contributed by atoms with E-state index in [9.17, 15) is 4.79 Å². The van der Waals surface area contributed by atoms with E-state index < -0.39 is 0 Å². The largest absolute Gasteiger partial charge is 0.272 e. The first-order valence-electron chi connectivity index (χ1n) is 4.53. The van der Waals surface area contributed by atoms with Crippen LogP contribution in [-0.2, 0) is 11.2 Å². The Labute approximate surface area is 87.4 Å². The van der Waals surface area contributed by atoms with E-state index in [-0.39, 0.29) is 5.91 Å². The lowest BCUT2D eigenvalue weighted by Crippen LogP contribution is -1.97. The van der Waals surface area contributed by atoms with Crippen LogP contribution in [0.5, 0.6) is 0 Å². The fraction of sp³-hybridized carbons (Fsp3) is 0.273. The van der Waals surface area contributed by atoms with Crippen LogP contribution in [0, 0.1) is 6.92 Å². The minimum Gasteiger partial charge on any atom is -0.272 e. The first-order valence-corrected chi connectivity index (χ1v) is 5.52. The van der Waals surface area contributed by atoms with E-state index in [0.717, 1.165) is 11.5 Å². The Morgan fingerprint density at radius 3 is 2.86 bits per heavy atom. The summed E-state index contributed by atoms with van der Waals surface area (Å²) in [5.74, 6) is 0.514. The third-order valence-corrected chi connectivity index (χ3v) is 3.17. The van der Waals surface area contributed by atoms with Crippen LogP contribution in [0.15, 0.2) is 29.3 Å². The van der Waals surface area contributed by atoms with E-state index in [1.54, 1.807) is 11.8 Å². The molecule has 0 atom stereocenters. The van der Waals surface area contributed by atoms with Crippen molar-refractivity contribution in [2.24, 2.45) is 4.99 Å². The van der Waals surface area contributed by atoms with Gasteiger partial charge in [-0.3, -0.25) is 4.79 Å². The molecule has 1 aromatic rings. The number of hydrogen-bond donors (Lipinski definition) is 0. The highest BCUT2D eigenvalue weighted by molar-refractivity contribution is 8.15. The fourth-order valence-corrected chi connectivity index (χ4v) is 2.19. The third-order valence-electron chi connectivity index (χ3n) is 2.21. The number of aliphatic imine (C=N–C) groups is 1. The highest BCUT2D eigenvalue weighted by Crippen LogP contribution is 2.18. The molecule has 0 bridgehead atoms. The summed E-state index contributed by atoms with van der Waals surface area (Å²) < 4.78 is 0. The number of thioether (sulfide) groups is 1. The van der Waals surface area contributed by atoms with E-state index >= 15 is 0 Å². The van der Waals surface area contributed by atoms with Crippen molar-refractivity contribution in [1.82, 2.24) is 0 Å². The van der Waals surface area contributed by atoms with Crippen LogP contribution in [0.3, 0.4) is 0 Å². The molecule has 0 aromatic heterocycles. The van der Waals surface area contributed by atoms with Gasteiger partial charge in [0.25, 0.3) is 5.91 Å². The molecule has 3 heteroatoms. The van der Waals surface area contributed by atoms with Crippen LogP contribution >= 0.6 is 11.8 Å². The van der Waals surface area contributed by atoms with Gasteiger partial charge in [-0.15, -0.1) is 11.8 Å². The Bertz CT molecular complexity index is 398. The Balaban J connectivity index is 2.15. The number of hydrogen-bond acceptors (Lipinski definition) is 2. The van der Waals surface area contributed by atoms with Crippen LogP contribution in [0.2, 0.25) is 0 Å². The summed E-state index contributed by atoms with van der Waals surface area (Å²) in [6.45, 7) is 2.08. The molecule has 0 spiro atoms. The fourth-order valence-electron chi connectivity index (χ4n) is 1.41. The predicted octanol–water partition coefficient (Wildman–Crippen LogP) is 2.21. The maximum atomic E-state index is 10.9. The third kappa shape index (κ3) is 2.04. The van der Waals surface area contributed by atoms with Crippen molar-refractivity contribution >= 4 is 22.7 Å². The molecule has 0 unspecified atom stereocenters. The van der Waals surface area contributed by atoms with Crippen molar-refractivity contribution in [2.45, 2.75) is 13.3 Å². The van der Waals surface area contributed by atoms with Gasteiger partial charge in [-0.1, -0.05) is 24.3 Å². The number of aryl methyl sites for hydroxylation is 1. The normalized spacial score (nSPS) is 15.8. The van der Waals surface area contributed by atoms with Gasteiger partial charge in [0.15, 0.2) is 0 Å². The number of amides is 1. The van der Waals surface area contributed by atoms with E-state index in [1.807, 2.05) is 12.1 Å². The van der Waals surface area contributed by atoms with Gasteiger partial charge >= 0.3 is 0 Å². The summed E-state index contributed by atoms with van der Waals surface area (Å²) in [5, 5.41) is 0.948. The molecule has 72 valence electrons. The number of nitrogens with zero attached hydrogens (tertiary/aromatic N) is 1. The van der Waals surface area contributed by atoms with Crippen molar-refractivity contribution in [3.8, 4) is 0 Å². The summed E-state index contributed by atoms with van der Waals surface area (Å²) in [5.41, 5.74) is 2.52. The van der Waals surface area contributed by atoms with Gasteiger partial charge in [0.2, 0.25) is 0 Å². The topological polar surface area (TPSA) is 29.4 Å². The molecule has 0 radical (unpaired) electrons. The van der Waals surface area contributed by atoms with Crippen molar-refractivity contribution in [3.05, 3.63) is 35.4 Å². The second-order valence-electron chi connectivity index (χ2n) is 3.29. The Morgan fingerprint density at radius 1 is 1.43 bits per heavy atom. The molecule has 1 amide bonds. The average Bonchev–Trinajstić information content (AvgIpc) is 2.56. The number of rotatable bonds is 2. The van der Waals surface area contributed by atoms with Gasteiger partial charge in [0.05, 0.1) is 10.8 Å². The minimum atomic E-state index is -0.00131. The zero-order valence-corrected chi connectivity index (χ0v) is 8.80. The molecule has 1 heterocycles. The molecular formula is C11H11NOS. The summed E-state index contributed by atoms with van der Waals surface area (Å²) in [6, 6.07) is 8.20. The maximum absolute atomic E-state index is 10.9. The highest BCUT2D eigenvalue weighted by atomic mass is 32.2. The van der Waals surface area contributed by atoms with Gasteiger partial charge in [-0.05, 0) is 18.1 Å². The molecular weight excluding hydrogens is 194 g/mol. The van der Waals surface area contributed by atoms with Gasteiger partial charge in [0, 0.05) is 6.42 Å². The number of carbonyl (C=O) groups is 1. The van der Waals surface area contributed by atoms with E-state index in [0.29, 0.717) is 5.75 Å². The van der Waals surface area contributed by atoms with E-state index in [1.165, 1.54) is 11.1 Å². The lowest BCUT2D eigenvalue weighted by atomic mass is 10.1. The van der Waals surface area contributed by atoms with Gasteiger partial charge in [0.1, 0.15) is 0 Å². The summed E-state index contributed by atoms with van der Waals surface area (Å²) in [4.78, 5) is 14.9. The van der Waals surface area contributed by atoms with Crippen molar-refractivity contribution in [3.63, 3.8) is 0 Å². The van der Waals surface area contributed by atoms with E-state index in [4.69, 9.17) is 0 Å². The summed E-state index contributed by atoms with van der Waals surface area (Å²) >= 11 is 1.55. The number of carbonyl (C=O) groups excluding carboxylic acids is 1. The highest BCUT2D eigenvalue weighted by Gasteiger charge is 2.15.